The van der Waals surface area contributed by atoms with Gasteiger partial charge in [-0.2, -0.15) is 0 Å². The zero-order valence-corrected chi connectivity index (χ0v) is 24.5. The van der Waals surface area contributed by atoms with E-state index in [9.17, 15) is 23.1 Å². The molecule has 5 rings (SSSR count). The van der Waals surface area contributed by atoms with E-state index in [0.29, 0.717) is 38.6 Å². The predicted octanol–water partition coefficient (Wildman–Crippen LogP) is 5.82. The van der Waals surface area contributed by atoms with Gasteiger partial charge in [0.05, 0.1) is 26.2 Å². The molecule has 0 atom stereocenters. The lowest BCUT2D eigenvalue weighted by atomic mass is 10.1. The van der Waals surface area contributed by atoms with Crippen LogP contribution in [0.5, 0.6) is 5.75 Å². The molecular formula is C30H23Cl2N5O5S. The van der Waals surface area contributed by atoms with Crippen molar-refractivity contribution in [2.75, 3.05) is 10.6 Å². The summed E-state index contributed by atoms with van der Waals surface area (Å²) in [5, 5.41) is 25.5. The number of aromatic hydroxyl groups is 1. The molecule has 13 heteroatoms. The van der Waals surface area contributed by atoms with Crippen LogP contribution in [0.4, 0.5) is 17.1 Å². The Labute approximate surface area is 256 Å². The molecule has 0 aliphatic carbocycles. The Morgan fingerprint density at radius 2 is 1.58 bits per heavy atom. The Bertz CT molecular complexity index is 1990. The molecule has 0 saturated heterocycles. The van der Waals surface area contributed by atoms with Crippen molar-refractivity contribution in [2.45, 2.75) is 11.4 Å². The summed E-state index contributed by atoms with van der Waals surface area (Å²) in [5.41, 5.74) is 2.81. The molecule has 0 radical (unpaired) electrons. The van der Waals surface area contributed by atoms with E-state index in [4.69, 9.17) is 28.3 Å². The average molecular weight is 637 g/mol. The number of hydrogen-bond acceptors (Lipinski definition) is 7. The van der Waals surface area contributed by atoms with Gasteiger partial charge >= 0.3 is 0 Å². The molecule has 2 amide bonds. The molecule has 0 aliphatic heterocycles. The SMILES string of the molecule is NS(=O)(=O)c1ccc(CNC(=O)c2cnc3c(O)cccc3c2Nc2cccc(NC(=O)c3ccc(Cl)c(Cl)c3)c2)cc1. The van der Waals surface area contributed by atoms with E-state index in [2.05, 4.69) is 20.9 Å². The summed E-state index contributed by atoms with van der Waals surface area (Å²) in [4.78, 5) is 30.4. The quantitative estimate of drug-likeness (QED) is 0.143. The first-order valence-corrected chi connectivity index (χ1v) is 14.9. The van der Waals surface area contributed by atoms with Gasteiger partial charge < -0.3 is 21.1 Å². The van der Waals surface area contributed by atoms with E-state index in [-0.39, 0.29) is 33.3 Å². The highest BCUT2D eigenvalue weighted by Crippen LogP contribution is 2.34. The normalized spacial score (nSPS) is 11.2. The van der Waals surface area contributed by atoms with Crippen molar-refractivity contribution < 1.29 is 23.1 Å². The van der Waals surface area contributed by atoms with Crippen LogP contribution in [0.1, 0.15) is 26.3 Å². The highest BCUT2D eigenvalue weighted by Gasteiger charge is 2.18. The lowest BCUT2D eigenvalue weighted by Gasteiger charge is -2.16. The van der Waals surface area contributed by atoms with E-state index >= 15 is 0 Å². The van der Waals surface area contributed by atoms with Gasteiger partial charge in [-0.3, -0.25) is 14.6 Å². The molecule has 43 heavy (non-hydrogen) atoms. The van der Waals surface area contributed by atoms with Crippen molar-refractivity contribution in [3.05, 3.63) is 118 Å². The number of pyridine rings is 1. The minimum absolute atomic E-state index is 0.0389. The molecule has 0 spiro atoms. The number of primary sulfonamides is 1. The maximum Gasteiger partial charge on any atom is 0.255 e. The van der Waals surface area contributed by atoms with Crippen molar-refractivity contribution in [1.29, 1.82) is 0 Å². The topological polar surface area (TPSA) is 164 Å². The molecular weight excluding hydrogens is 613 g/mol. The van der Waals surface area contributed by atoms with Crippen LogP contribution in [0.25, 0.3) is 10.9 Å². The zero-order valence-electron chi connectivity index (χ0n) is 22.1. The van der Waals surface area contributed by atoms with E-state index in [1.165, 1.54) is 36.5 Å². The molecule has 4 aromatic carbocycles. The van der Waals surface area contributed by atoms with Gasteiger partial charge in [0.2, 0.25) is 10.0 Å². The minimum Gasteiger partial charge on any atom is -0.506 e. The molecule has 0 saturated carbocycles. The molecule has 10 nitrogen and oxygen atoms in total. The number of nitrogens with one attached hydrogen (secondary N) is 3. The predicted molar refractivity (Wildman–Crippen MR) is 167 cm³/mol. The number of amides is 2. The molecule has 0 bridgehead atoms. The van der Waals surface area contributed by atoms with Gasteiger partial charge in [-0.05, 0) is 60.2 Å². The summed E-state index contributed by atoms with van der Waals surface area (Å²) in [5.74, 6) is -0.933. The Morgan fingerprint density at radius 3 is 2.30 bits per heavy atom. The number of carbonyl (C=O) groups is 2. The standard InChI is InChI=1S/C30H23Cl2N5O5S/c31-24-12-9-18(13-25(24)32)29(39)37-20-4-1-3-19(14-20)36-27-22-5-2-6-26(38)28(22)34-16-23(27)30(40)35-15-17-7-10-21(11-8-17)43(33,41)42/h1-14,16,38H,15H2,(H,34,36)(H,35,40)(H,37,39)(H2,33,41,42). The highest BCUT2D eigenvalue weighted by molar-refractivity contribution is 7.89. The van der Waals surface area contributed by atoms with E-state index in [1.54, 1.807) is 54.6 Å². The molecule has 0 aliphatic rings. The van der Waals surface area contributed by atoms with Crippen LogP contribution >= 0.6 is 23.2 Å². The van der Waals surface area contributed by atoms with E-state index < -0.39 is 21.8 Å². The third-order valence-corrected chi connectivity index (χ3v) is 8.07. The summed E-state index contributed by atoms with van der Waals surface area (Å²) in [6, 6.07) is 22.1. The Hall–Kier alpha value is -4.68. The number of anilines is 3. The lowest BCUT2D eigenvalue weighted by Crippen LogP contribution is -2.24. The van der Waals surface area contributed by atoms with Gasteiger partial charge in [-0.25, -0.2) is 13.6 Å². The van der Waals surface area contributed by atoms with Crippen LogP contribution in [0.3, 0.4) is 0 Å². The number of benzene rings is 4. The van der Waals surface area contributed by atoms with Crippen LogP contribution in [-0.2, 0) is 16.6 Å². The summed E-state index contributed by atoms with van der Waals surface area (Å²) in [6.07, 6.45) is 1.35. The van der Waals surface area contributed by atoms with Gasteiger partial charge in [0, 0.05) is 35.1 Å². The first-order valence-electron chi connectivity index (χ1n) is 12.6. The van der Waals surface area contributed by atoms with Crippen LogP contribution in [0.15, 0.2) is 96.0 Å². The third-order valence-electron chi connectivity index (χ3n) is 6.40. The smallest absolute Gasteiger partial charge is 0.255 e. The number of nitrogens with two attached hydrogens (primary N) is 1. The second-order valence-corrected chi connectivity index (χ2v) is 11.8. The number of carbonyl (C=O) groups excluding carboxylic acids is 2. The number of rotatable bonds is 8. The maximum absolute atomic E-state index is 13.4. The lowest BCUT2D eigenvalue weighted by molar-refractivity contribution is 0.0950. The number of halogens is 2. The minimum atomic E-state index is -3.84. The van der Waals surface area contributed by atoms with Crippen molar-refractivity contribution in [3.63, 3.8) is 0 Å². The number of sulfonamides is 1. The van der Waals surface area contributed by atoms with Gasteiger partial charge in [-0.1, -0.05) is 53.5 Å². The van der Waals surface area contributed by atoms with Crippen LogP contribution in [-0.4, -0.2) is 30.3 Å². The fourth-order valence-electron chi connectivity index (χ4n) is 4.25. The highest BCUT2D eigenvalue weighted by atomic mass is 35.5. The van der Waals surface area contributed by atoms with Gasteiger partial charge in [0.25, 0.3) is 11.8 Å². The van der Waals surface area contributed by atoms with Crippen molar-refractivity contribution in [2.24, 2.45) is 5.14 Å². The third kappa shape index (κ3) is 6.87. The number of aromatic nitrogens is 1. The number of phenols is 1. The van der Waals surface area contributed by atoms with Gasteiger partial charge in [0.1, 0.15) is 11.3 Å². The summed E-state index contributed by atoms with van der Waals surface area (Å²) in [6.45, 7) is 0.0947. The van der Waals surface area contributed by atoms with E-state index in [0.717, 1.165) is 0 Å². The number of nitrogens with zero attached hydrogens (tertiary/aromatic N) is 1. The number of para-hydroxylation sites is 1. The van der Waals surface area contributed by atoms with Gasteiger partial charge in [0.15, 0.2) is 0 Å². The number of phenolic OH excluding ortho intramolecular Hbond substituents is 1. The van der Waals surface area contributed by atoms with E-state index in [1.807, 2.05) is 0 Å². The zero-order chi connectivity index (χ0) is 30.7. The largest absolute Gasteiger partial charge is 0.506 e. The fourth-order valence-corrected chi connectivity index (χ4v) is 5.06. The van der Waals surface area contributed by atoms with Crippen LogP contribution < -0.4 is 21.1 Å². The summed E-state index contributed by atoms with van der Waals surface area (Å²) in [7, 11) is -3.84. The molecule has 1 aromatic heterocycles. The molecule has 218 valence electrons. The average Bonchev–Trinajstić information content (AvgIpc) is 2.97. The van der Waals surface area contributed by atoms with Crippen LogP contribution in [0.2, 0.25) is 10.0 Å². The maximum atomic E-state index is 13.4. The molecule has 5 aromatic rings. The van der Waals surface area contributed by atoms with Gasteiger partial charge in [-0.15, -0.1) is 0 Å². The summed E-state index contributed by atoms with van der Waals surface area (Å²) < 4.78 is 23.0. The second kappa shape index (κ2) is 12.3. The number of fused-ring (bicyclic) bond motifs is 1. The first kappa shape index (κ1) is 29.8. The molecule has 6 N–H and O–H groups in total. The monoisotopic (exact) mass is 635 g/mol. The van der Waals surface area contributed by atoms with Crippen molar-refractivity contribution in [1.82, 2.24) is 10.3 Å². The molecule has 1 heterocycles. The van der Waals surface area contributed by atoms with Crippen molar-refractivity contribution >= 4 is 73.0 Å². The molecule has 0 unspecified atom stereocenters. The first-order chi connectivity index (χ1) is 20.5. The Balaban J connectivity index is 1.41. The summed E-state index contributed by atoms with van der Waals surface area (Å²) >= 11 is 12.0. The Morgan fingerprint density at radius 1 is 0.860 bits per heavy atom. The fraction of sp³-hybridized carbons (Fsp3) is 0.0333. The molecule has 0 fully saturated rings. The number of hydrogen-bond donors (Lipinski definition) is 5. The van der Waals surface area contributed by atoms with Crippen molar-refractivity contribution in [3.8, 4) is 5.75 Å². The second-order valence-electron chi connectivity index (χ2n) is 9.38. The van der Waals surface area contributed by atoms with Crippen LogP contribution in [0, 0.1) is 0 Å². The Kier molecular flexibility index (Phi) is 8.51.